The van der Waals surface area contributed by atoms with Crippen molar-refractivity contribution in [3.8, 4) is 11.5 Å². The Bertz CT molecular complexity index is 461. The van der Waals surface area contributed by atoms with E-state index >= 15 is 0 Å². The van der Waals surface area contributed by atoms with Gasteiger partial charge in [-0.2, -0.15) is 0 Å². The lowest BCUT2D eigenvalue weighted by atomic mass is 10.0. The molecule has 1 aromatic rings. The van der Waals surface area contributed by atoms with Crippen molar-refractivity contribution in [3.63, 3.8) is 0 Å². The third kappa shape index (κ3) is 1.76. The maximum absolute atomic E-state index is 5.41. The minimum Gasteiger partial charge on any atom is -0.493 e. The molecule has 2 aliphatic heterocycles. The molecule has 0 aromatic heterocycles. The third-order valence-corrected chi connectivity index (χ3v) is 4.07. The summed E-state index contributed by atoms with van der Waals surface area (Å²) in [6.45, 7) is 4.43. The van der Waals surface area contributed by atoms with Gasteiger partial charge >= 0.3 is 0 Å². The number of piperazine rings is 1. The van der Waals surface area contributed by atoms with E-state index in [1.54, 1.807) is 14.2 Å². The lowest BCUT2D eigenvalue weighted by molar-refractivity contribution is 0.101. The highest BCUT2D eigenvalue weighted by atomic mass is 16.5. The first kappa shape index (κ1) is 11.8. The number of methoxy groups -OCH3 is 2. The van der Waals surface area contributed by atoms with Gasteiger partial charge in [-0.1, -0.05) is 0 Å². The van der Waals surface area contributed by atoms with Crippen molar-refractivity contribution in [2.45, 2.75) is 12.6 Å². The van der Waals surface area contributed by atoms with Gasteiger partial charge in [-0.05, 0) is 30.3 Å². The zero-order valence-corrected chi connectivity index (χ0v) is 11.3. The normalized spacial score (nSPS) is 23.6. The van der Waals surface area contributed by atoms with E-state index in [1.165, 1.54) is 11.1 Å². The quantitative estimate of drug-likeness (QED) is 0.792. The van der Waals surface area contributed by atoms with Gasteiger partial charge in [-0.3, -0.25) is 4.90 Å². The van der Waals surface area contributed by atoms with Gasteiger partial charge in [-0.15, -0.1) is 0 Å². The predicted octanol–water partition coefficient (Wildman–Crippen LogP) is 1.51. The summed E-state index contributed by atoms with van der Waals surface area (Å²) in [5.41, 5.74) is 2.78. The average Bonchev–Trinajstić information content (AvgIpc) is 2.74. The number of nitrogens with zero attached hydrogens (tertiary/aromatic N) is 2. The summed E-state index contributed by atoms with van der Waals surface area (Å²) in [5, 5.41) is 0. The smallest absolute Gasteiger partial charge is 0.161 e. The van der Waals surface area contributed by atoms with Crippen LogP contribution in [0.5, 0.6) is 11.5 Å². The van der Waals surface area contributed by atoms with Crippen LogP contribution in [-0.2, 0) is 6.54 Å². The average molecular weight is 248 g/mol. The van der Waals surface area contributed by atoms with Crippen LogP contribution < -0.4 is 9.47 Å². The highest BCUT2D eigenvalue weighted by Crippen LogP contribution is 2.41. The van der Waals surface area contributed by atoms with Crippen LogP contribution >= 0.6 is 0 Å². The van der Waals surface area contributed by atoms with Crippen LogP contribution in [0.4, 0.5) is 0 Å². The fourth-order valence-electron chi connectivity index (χ4n) is 3.04. The van der Waals surface area contributed by atoms with Gasteiger partial charge in [-0.25, -0.2) is 0 Å². The van der Waals surface area contributed by atoms with Crippen LogP contribution in [0.25, 0.3) is 0 Å². The van der Waals surface area contributed by atoms with Gasteiger partial charge in [0, 0.05) is 32.2 Å². The van der Waals surface area contributed by atoms with Gasteiger partial charge in [0.15, 0.2) is 11.5 Å². The molecule has 4 nitrogen and oxygen atoms in total. The number of hydrogen-bond acceptors (Lipinski definition) is 4. The van der Waals surface area contributed by atoms with Crippen LogP contribution in [0.15, 0.2) is 12.1 Å². The van der Waals surface area contributed by atoms with E-state index in [0.717, 1.165) is 37.7 Å². The van der Waals surface area contributed by atoms with Crippen LogP contribution in [-0.4, -0.2) is 50.7 Å². The SMILES string of the molecule is COc1cc2c(cc1OC)C1CN(C)CCN1C2. The summed E-state index contributed by atoms with van der Waals surface area (Å²) < 4.78 is 10.8. The summed E-state index contributed by atoms with van der Waals surface area (Å²) in [7, 11) is 5.58. The van der Waals surface area contributed by atoms with Crippen LogP contribution in [0.3, 0.4) is 0 Å². The highest BCUT2D eigenvalue weighted by Gasteiger charge is 2.34. The highest BCUT2D eigenvalue weighted by molar-refractivity contribution is 5.50. The molecular weight excluding hydrogens is 228 g/mol. The number of fused-ring (bicyclic) bond motifs is 3. The first-order valence-electron chi connectivity index (χ1n) is 6.40. The molecule has 98 valence electrons. The Kier molecular flexibility index (Phi) is 2.92. The Morgan fingerprint density at radius 3 is 2.56 bits per heavy atom. The number of benzene rings is 1. The van der Waals surface area contributed by atoms with Crippen molar-refractivity contribution in [1.82, 2.24) is 9.80 Å². The molecule has 0 N–H and O–H groups in total. The maximum atomic E-state index is 5.41. The van der Waals surface area contributed by atoms with E-state index in [2.05, 4.69) is 29.0 Å². The Morgan fingerprint density at radius 2 is 1.83 bits per heavy atom. The van der Waals surface area contributed by atoms with Crippen LogP contribution in [0.1, 0.15) is 17.2 Å². The van der Waals surface area contributed by atoms with E-state index < -0.39 is 0 Å². The zero-order valence-electron chi connectivity index (χ0n) is 11.3. The summed E-state index contributed by atoms with van der Waals surface area (Å²) in [4.78, 5) is 4.94. The van der Waals surface area contributed by atoms with E-state index in [-0.39, 0.29) is 0 Å². The molecule has 1 fully saturated rings. The second-order valence-electron chi connectivity index (χ2n) is 5.15. The van der Waals surface area contributed by atoms with Gasteiger partial charge in [0.05, 0.1) is 14.2 Å². The van der Waals surface area contributed by atoms with Gasteiger partial charge in [0.2, 0.25) is 0 Å². The Hall–Kier alpha value is -1.26. The van der Waals surface area contributed by atoms with E-state index in [0.29, 0.717) is 6.04 Å². The first-order chi connectivity index (χ1) is 8.72. The molecule has 0 amide bonds. The van der Waals surface area contributed by atoms with Gasteiger partial charge in [0.1, 0.15) is 0 Å². The molecule has 18 heavy (non-hydrogen) atoms. The molecule has 1 saturated heterocycles. The molecule has 0 spiro atoms. The van der Waals surface area contributed by atoms with Crippen molar-refractivity contribution in [2.75, 3.05) is 40.9 Å². The standard InChI is InChI=1S/C14H20N2O2/c1-15-4-5-16-8-10-6-13(17-2)14(18-3)7-11(10)12(16)9-15/h6-7,12H,4-5,8-9H2,1-3H3. The maximum Gasteiger partial charge on any atom is 0.161 e. The van der Waals surface area contributed by atoms with E-state index in [4.69, 9.17) is 9.47 Å². The summed E-state index contributed by atoms with van der Waals surface area (Å²) >= 11 is 0. The molecule has 1 aromatic carbocycles. The molecule has 0 radical (unpaired) electrons. The van der Waals surface area contributed by atoms with Crippen molar-refractivity contribution < 1.29 is 9.47 Å². The molecule has 3 rings (SSSR count). The van der Waals surface area contributed by atoms with Crippen LogP contribution in [0.2, 0.25) is 0 Å². The molecular formula is C14H20N2O2. The second kappa shape index (κ2) is 4.44. The largest absolute Gasteiger partial charge is 0.493 e. The van der Waals surface area contributed by atoms with Gasteiger partial charge in [0.25, 0.3) is 0 Å². The molecule has 0 saturated carbocycles. The van der Waals surface area contributed by atoms with Crippen molar-refractivity contribution in [2.24, 2.45) is 0 Å². The molecule has 2 aliphatic rings. The fraction of sp³-hybridized carbons (Fsp3) is 0.571. The predicted molar refractivity (Wildman–Crippen MR) is 70.2 cm³/mol. The lowest BCUT2D eigenvalue weighted by Crippen LogP contribution is -2.43. The molecule has 0 bridgehead atoms. The molecule has 1 atom stereocenters. The monoisotopic (exact) mass is 248 g/mol. The third-order valence-electron chi connectivity index (χ3n) is 4.07. The van der Waals surface area contributed by atoms with Crippen molar-refractivity contribution >= 4 is 0 Å². The van der Waals surface area contributed by atoms with Gasteiger partial charge < -0.3 is 14.4 Å². The summed E-state index contributed by atoms with van der Waals surface area (Å²) in [6.07, 6.45) is 0. The topological polar surface area (TPSA) is 24.9 Å². The Balaban J connectivity index is 1.99. The van der Waals surface area contributed by atoms with E-state index in [1.807, 2.05) is 0 Å². The van der Waals surface area contributed by atoms with Crippen molar-refractivity contribution in [1.29, 1.82) is 0 Å². The molecule has 1 unspecified atom stereocenters. The minimum atomic E-state index is 0.513. The minimum absolute atomic E-state index is 0.513. The fourth-order valence-corrected chi connectivity index (χ4v) is 3.04. The number of likely N-dealkylation sites (N-methyl/N-ethyl adjacent to an activating group) is 1. The molecule has 2 heterocycles. The first-order valence-corrected chi connectivity index (χ1v) is 6.40. The Morgan fingerprint density at radius 1 is 1.11 bits per heavy atom. The molecule has 4 heteroatoms. The summed E-state index contributed by atoms with van der Waals surface area (Å²) in [5.74, 6) is 1.68. The Labute approximate surface area is 108 Å². The number of ether oxygens (including phenoxy) is 2. The number of hydrogen-bond donors (Lipinski definition) is 0. The van der Waals surface area contributed by atoms with Crippen molar-refractivity contribution in [3.05, 3.63) is 23.3 Å². The molecule has 0 aliphatic carbocycles. The second-order valence-corrected chi connectivity index (χ2v) is 5.15. The zero-order chi connectivity index (χ0) is 12.7. The summed E-state index contributed by atoms with van der Waals surface area (Å²) in [6, 6.07) is 4.79. The number of rotatable bonds is 2. The lowest BCUT2D eigenvalue weighted by Gasteiger charge is -2.35. The van der Waals surface area contributed by atoms with Crippen LogP contribution in [0, 0.1) is 0 Å². The van der Waals surface area contributed by atoms with E-state index in [9.17, 15) is 0 Å².